The van der Waals surface area contributed by atoms with Gasteiger partial charge in [-0.2, -0.15) is 0 Å². The second kappa shape index (κ2) is 8.00. The van der Waals surface area contributed by atoms with E-state index in [0.29, 0.717) is 19.7 Å². The summed E-state index contributed by atoms with van der Waals surface area (Å²) in [5, 5.41) is 0. The zero-order chi connectivity index (χ0) is 14.0. The molecule has 3 heteroatoms. The van der Waals surface area contributed by atoms with Crippen LogP contribution in [0.15, 0.2) is 54.6 Å². The average molecular weight is 270 g/mol. The molecule has 0 aliphatic carbocycles. The first kappa shape index (κ1) is 14.1. The molecule has 0 saturated heterocycles. The Morgan fingerprint density at radius 3 is 2.35 bits per heavy atom. The Kier molecular flexibility index (Phi) is 5.65. The van der Waals surface area contributed by atoms with Crippen LogP contribution in [-0.4, -0.2) is 13.1 Å². The summed E-state index contributed by atoms with van der Waals surface area (Å²) in [6.45, 7) is 1.45. The van der Waals surface area contributed by atoms with E-state index in [-0.39, 0.29) is 0 Å². The predicted octanol–water partition coefficient (Wildman–Crippen LogP) is 3.37. The number of rotatable bonds is 8. The first-order valence-corrected chi connectivity index (χ1v) is 6.69. The molecule has 2 aromatic rings. The third-order valence-corrected chi connectivity index (χ3v) is 2.96. The van der Waals surface area contributed by atoms with E-state index in [1.165, 1.54) is 5.56 Å². The van der Waals surface area contributed by atoms with Crippen molar-refractivity contribution in [1.82, 2.24) is 0 Å². The lowest BCUT2D eigenvalue weighted by atomic mass is 10.1. The molecular weight excluding hydrogens is 252 g/mol. The SMILES string of the molecule is O=COCc1ccc(OCCCc2ccccc2)cc1. The minimum atomic E-state index is 0.303. The number of aryl methyl sites for hydroxylation is 1. The molecule has 0 fully saturated rings. The van der Waals surface area contributed by atoms with Crippen molar-refractivity contribution in [1.29, 1.82) is 0 Å². The van der Waals surface area contributed by atoms with Crippen molar-refractivity contribution in [3.05, 3.63) is 65.7 Å². The summed E-state index contributed by atoms with van der Waals surface area (Å²) in [5.41, 5.74) is 2.28. The van der Waals surface area contributed by atoms with Crippen LogP contribution >= 0.6 is 0 Å². The van der Waals surface area contributed by atoms with Crippen LogP contribution in [-0.2, 0) is 22.6 Å². The van der Waals surface area contributed by atoms with Crippen molar-refractivity contribution in [3.8, 4) is 5.75 Å². The van der Waals surface area contributed by atoms with Crippen LogP contribution in [0.1, 0.15) is 17.5 Å². The normalized spacial score (nSPS) is 10.0. The summed E-state index contributed by atoms with van der Waals surface area (Å²) in [7, 11) is 0. The second-order valence-corrected chi connectivity index (χ2v) is 4.49. The van der Waals surface area contributed by atoms with E-state index in [4.69, 9.17) is 4.74 Å². The van der Waals surface area contributed by atoms with Crippen molar-refractivity contribution in [3.63, 3.8) is 0 Å². The average Bonchev–Trinajstić information content (AvgIpc) is 2.52. The van der Waals surface area contributed by atoms with Gasteiger partial charge in [0.15, 0.2) is 0 Å². The van der Waals surface area contributed by atoms with Crippen LogP contribution in [0.4, 0.5) is 0 Å². The summed E-state index contributed by atoms with van der Waals surface area (Å²) in [5.74, 6) is 0.841. The summed E-state index contributed by atoms with van der Waals surface area (Å²) >= 11 is 0. The third-order valence-electron chi connectivity index (χ3n) is 2.96. The van der Waals surface area contributed by atoms with E-state index in [2.05, 4.69) is 29.0 Å². The highest BCUT2D eigenvalue weighted by molar-refractivity contribution is 5.37. The Bertz CT molecular complexity index is 506. The van der Waals surface area contributed by atoms with Crippen molar-refractivity contribution in [2.75, 3.05) is 6.61 Å². The minimum absolute atomic E-state index is 0.303. The number of ether oxygens (including phenoxy) is 2. The van der Waals surface area contributed by atoms with Gasteiger partial charge in [-0.15, -0.1) is 0 Å². The molecule has 0 spiro atoms. The van der Waals surface area contributed by atoms with Crippen LogP contribution in [0.3, 0.4) is 0 Å². The molecule has 0 bridgehead atoms. The van der Waals surface area contributed by atoms with Gasteiger partial charge < -0.3 is 9.47 Å². The summed E-state index contributed by atoms with van der Waals surface area (Å²) < 4.78 is 10.4. The molecule has 3 nitrogen and oxygen atoms in total. The standard InChI is InChI=1S/C17H18O3/c18-14-19-13-16-8-10-17(11-9-16)20-12-4-7-15-5-2-1-3-6-15/h1-3,5-6,8-11,14H,4,7,12-13H2. The number of hydrogen-bond donors (Lipinski definition) is 0. The molecule has 0 aliphatic rings. The fourth-order valence-electron chi connectivity index (χ4n) is 1.92. The van der Waals surface area contributed by atoms with Gasteiger partial charge in [-0.05, 0) is 36.1 Å². The third kappa shape index (κ3) is 4.76. The summed E-state index contributed by atoms with van der Waals surface area (Å²) in [4.78, 5) is 10.1. The highest BCUT2D eigenvalue weighted by Gasteiger charge is 1.97. The number of hydrogen-bond acceptors (Lipinski definition) is 3. The first-order chi connectivity index (χ1) is 9.88. The maximum Gasteiger partial charge on any atom is 0.293 e. The molecule has 0 amide bonds. The fraction of sp³-hybridized carbons (Fsp3) is 0.235. The Morgan fingerprint density at radius 1 is 0.900 bits per heavy atom. The highest BCUT2D eigenvalue weighted by Crippen LogP contribution is 2.13. The monoisotopic (exact) mass is 270 g/mol. The lowest BCUT2D eigenvalue weighted by Crippen LogP contribution is -1.99. The number of carbonyl (C=O) groups is 1. The zero-order valence-corrected chi connectivity index (χ0v) is 11.3. The molecule has 0 N–H and O–H groups in total. The lowest BCUT2D eigenvalue weighted by molar-refractivity contribution is -0.129. The molecule has 0 radical (unpaired) electrons. The van der Waals surface area contributed by atoms with E-state index in [1.54, 1.807) is 0 Å². The molecule has 0 aromatic heterocycles. The van der Waals surface area contributed by atoms with E-state index >= 15 is 0 Å². The van der Waals surface area contributed by atoms with Gasteiger partial charge in [0, 0.05) is 0 Å². The molecule has 0 unspecified atom stereocenters. The van der Waals surface area contributed by atoms with Gasteiger partial charge in [-0.3, -0.25) is 4.79 Å². The van der Waals surface area contributed by atoms with Gasteiger partial charge in [-0.25, -0.2) is 0 Å². The van der Waals surface area contributed by atoms with Crippen molar-refractivity contribution in [2.24, 2.45) is 0 Å². The molecule has 104 valence electrons. The van der Waals surface area contributed by atoms with Crippen LogP contribution < -0.4 is 4.74 Å². The predicted molar refractivity (Wildman–Crippen MR) is 77.6 cm³/mol. The summed E-state index contributed by atoms with van der Waals surface area (Å²) in [6, 6.07) is 18.0. The topological polar surface area (TPSA) is 35.5 Å². The Labute approximate surface area is 119 Å². The molecule has 0 saturated carbocycles. The largest absolute Gasteiger partial charge is 0.494 e. The van der Waals surface area contributed by atoms with Gasteiger partial charge in [0.25, 0.3) is 6.47 Å². The van der Waals surface area contributed by atoms with Crippen LogP contribution in [0.2, 0.25) is 0 Å². The van der Waals surface area contributed by atoms with Crippen LogP contribution in [0.5, 0.6) is 5.75 Å². The summed E-state index contributed by atoms with van der Waals surface area (Å²) in [6.07, 6.45) is 2.01. The molecule has 2 rings (SSSR count). The van der Waals surface area contributed by atoms with Gasteiger partial charge in [0.2, 0.25) is 0 Å². The van der Waals surface area contributed by atoms with Crippen molar-refractivity contribution in [2.45, 2.75) is 19.4 Å². The Morgan fingerprint density at radius 2 is 1.65 bits per heavy atom. The Hall–Kier alpha value is -2.29. The van der Waals surface area contributed by atoms with E-state index in [1.807, 2.05) is 30.3 Å². The van der Waals surface area contributed by atoms with Crippen LogP contribution in [0.25, 0.3) is 0 Å². The Balaban J connectivity index is 1.70. The highest BCUT2D eigenvalue weighted by atomic mass is 16.5. The quantitative estimate of drug-likeness (QED) is 0.545. The molecule has 20 heavy (non-hydrogen) atoms. The number of carbonyl (C=O) groups excluding carboxylic acids is 1. The van der Waals surface area contributed by atoms with Gasteiger partial charge in [0.05, 0.1) is 6.61 Å². The maximum absolute atomic E-state index is 10.1. The molecule has 0 atom stereocenters. The van der Waals surface area contributed by atoms with Gasteiger partial charge in [0.1, 0.15) is 12.4 Å². The van der Waals surface area contributed by atoms with Gasteiger partial charge in [-0.1, -0.05) is 42.5 Å². The minimum Gasteiger partial charge on any atom is -0.494 e. The van der Waals surface area contributed by atoms with Crippen LogP contribution in [0, 0.1) is 0 Å². The van der Waals surface area contributed by atoms with Crippen molar-refractivity contribution >= 4 is 6.47 Å². The van der Waals surface area contributed by atoms with Gasteiger partial charge >= 0.3 is 0 Å². The lowest BCUT2D eigenvalue weighted by Gasteiger charge is -2.07. The maximum atomic E-state index is 10.1. The van der Waals surface area contributed by atoms with E-state index < -0.39 is 0 Å². The first-order valence-electron chi connectivity index (χ1n) is 6.69. The molecule has 0 heterocycles. The van der Waals surface area contributed by atoms with Crippen molar-refractivity contribution < 1.29 is 14.3 Å². The second-order valence-electron chi connectivity index (χ2n) is 4.49. The van der Waals surface area contributed by atoms with E-state index in [0.717, 1.165) is 24.2 Å². The molecule has 0 aliphatic heterocycles. The smallest absolute Gasteiger partial charge is 0.293 e. The number of benzene rings is 2. The zero-order valence-electron chi connectivity index (χ0n) is 11.3. The van der Waals surface area contributed by atoms with E-state index in [9.17, 15) is 4.79 Å². The molecular formula is C17H18O3. The molecule has 2 aromatic carbocycles. The fourth-order valence-corrected chi connectivity index (χ4v) is 1.92.